The van der Waals surface area contributed by atoms with E-state index in [4.69, 9.17) is 21.1 Å². The van der Waals surface area contributed by atoms with Crippen molar-refractivity contribution in [2.75, 3.05) is 19.5 Å². The number of carbonyl (C=O) groups is 1. The summed E-state index contributed by atoms with van der Waals surface area (Å²) in [4.78, 5) is 12.0. The van der Waals surface area contributed by atoms with E-state index in [0.717, 1.165) is 0 Å². The molecule has 0 heterocycles. The van der Waals surface area contributed by atoms with Gasteiger partial charge in [0.2, 0.25) is 5.91 Å². The summed E-state index contributed by atoms with van der Waals surface area (Å²) >= 11 is 5.90. The summed E-state index contributed by atoms with van der Waals surface area (Å²) < 4.78 is 23.6. The van der Waals surface area contributed by atoms with Crippen LogP contribution in [0, 0.1) is 5.82 Å². The molecule has 0 saturated carbocycles. The van der Waals surface area contributed by atoms with Gasteiger partial charge in [0.1, 0.15) is 5.75 Å². The van der Waals surface area contributed by atoms with Gasteiger partial charge < -0.3 is 14.8 Å². The molecule has 0 radical (unpaired) electrons. The molecule has 0 spiro atoms. The van der Waals surface area contributed by atoms with Crippen LogP contribution in [0.3, 0.4) is 0 Å². The van der Waals surface area contributed by atoms with E-state index in [9.17, 15) is 9.18 Å². The lowest BCUT2D eigenvalue weighted by Gasteiger charge is -2.09. The molecule has 2 aromatic carbocycles. The maximum absolute atomic E-state index is 13.6. The van der Waals surface area contributed by atoms with Crippen molar-refractivity contribution >= 4 is 29.3 Å². The van der Waals surface area contributed by atoms with E-state index in [0.29, 0.717) is 22.0 Å². The van der Waals surface area contributed by atoms with Crippen LogP contribution in [-0.4, -0.2) is 20.1 Å². The van der Waals surface area contributed by atoms with Gasteiger partial charge in [-0.05, 0) is 42.0 Å². The number of carbonyl (C=O) groups excluding carboxylic acids is 1. The van der Waals surface area contributed by atoms with Gasteiger partial charge in [-0.3, -0.25) is 4.79 Å². The molecule has 1 N–H and O–H groups in total. The molecule has 0 aliphatic rings. The Morgan fingerprint density at radius 3 is 2.48 bits per heavy atom. The van der Waals surface area contributed by atoms with Crippen molar-refractivity contribution in [3.63, 3.8) is 0 Å². The van der Waals surface area contributed by atoms with E-state index in [1.54, 1.807) is 24.3 Å². The number of anilines is 1. The Hall–Kier alpha value is -2.53. The van der Waals surface area contributed by atoms with E-state index in [-0.39, 0.29) is 11.7 Å². The Labute approximate surface area is 138 Å². The van der Waals surface area contributed by atoms with Crippen LogP contribution in [0.25, 0.3) is 6.08 Å². The first kappa shape index (κ1) is 16.8. The van der Waals surface area contributed by atoms with Crippen LogP contribution >= 0.6 is 11.6 Å². The molecule has 4 nitrogen and oxygen atoms in total. The van der Waals surface area contributed by atoms with Crippen LogP contribution in [0.1, 0.15) is 5.56 Å². The number of methoxy groups -OCH3 is 2. The average Bonchev–Trinajstić information content (AvgIpc) is 2.53. The van der Waals surface area contributed by atoms with Crippen molar-refractivity contribution in [3.8, 4) is 11.5 Å². The maximum Gasteiger partial charge on any atom is 0.248 e. The van der Waals surface area contributed by atoms with E-state index in [1.165, 1.54) is 38.5 Å². The predicted molar refractivity (Wildman–Crippen MR) is 88.6 cm³/mol. The molecule has 6 heteroatoms. The Morgan fingerprint density at radius 1 is 1.13 bits per heavy atom. The first-order valence-corrected chi connectivity index (χ1v) is 7.07. The molecule has 23 heavy (non-hydrogen) atoms. The lowest BCUT2D eigenvalue weighted by molar-refractivity contribution is -0.111. The van der Waals surface area contributed by atoms with Crippen molar-refractivity contribution in [1.29, 1.82) is 0 Å². The number of amides is 1. The van der Waals surface area contributed by atoms with Gasteiger partial charge in [0.25, 0.3) is 0 Å². The zero-order valence-corrected chi connectivity index (χ0v) is 13.4. The van der Waals surface area contributed by atoms with Crippen molar-refractivity contribution in [2.24, 2.45) is 0 Å². The lowest BCUT2D eigenvalue weighted by Crippen LogP contribution is -2.08. The maximum atomic E-state index is 13.6. The fourth-order valence-electron chi connectivity index (χ4n) is 1.91. The standard InChI is InChI=1S/C17H15ClFNO3/c1-22-15-6-3-11(9-13(15)19)4-8-17(21)20-14-10-12(18)5-7-16(14)23-2/h3-10H,1-2H3,(H,20,21)/b8-4+. The van der Waals surface area contributed by atoms with Gasteiger partial charge >= 0.3 is 0 Å². The summed E-state index contributed by atoms with van der Waals surface area (Å²) in [6.07, 6.45) is 2.79. The predicted octanol–water partition coefficient (Wildman–Crippen LogP) is 4.15. The molecular weight excluding hydrogens is 321 g/mol. The van der Waals surface area contributed by atoms with Crippen LogP contribution in [0.15, 0.2) is 42.5 Å². The Kier molecular flexibility index (Phi) is 5.60. The van der Waals surface area contributed by atoms with Crippen molar-refractivity contribution in [1.82, 2.24) is 0 Å². The summed E-state index contributed by atoms with van der Waals surface area (Å²) in [6.45, 7) is 0. The van der Waals surface area contributed by atoms with Crippen molar-refractivity contribution < 1.29 is 18.7 Å². The minimum absolute atomic E-state index is 0.148. The van der Waals surface area contributed by atoms with Crippen LogP contribution < -0.4 is 14.8 Å². The minimum Gasteiger partial charge on any atom is -0.495 e. The van der Waals surface area contributed by atoms with Crippen LogP contribution in [0.4, 0.5) is 10.1 Å². The molecule has 0 bridgehead atoms. The zero-order valence-electron chi connectivity index (χ0n) is 12.6. The highest BCUT2D eigenvalue weighted by Crippen LogP contribution is 2.27. The van der Waals surface area contributed by atoms with Crippen molar-refractivity contribution in [2.45, 2.75) is 0 Å². The lowest BCUT2D eigenvalue weighted by atomic mass is 10.2. The number of rotatable bonds is 5. The third kappa shape index (κ3) is 4.47. The third-order valence-corrected chi connectivity index (χ3v) is 3.26. The van der Waals surface area contributed by atoms with Gasteiger partial charge in [-0.2, -0.15) is 0 Å². The highest BCUT2D eigenvalue weighted by molar-refractivity contribution is 6.31. The number of halogens is 2. The van der Waals surface area contributed by atoms with Gasteiger partial charge in [0.05, 0.1) is 19.9 Å². The first-order chi connectivity index (χ1) is 11.0. The second-order valence-electron chi connectivity index (χ2n) is 4.56. The van der Waals surface area contributed by atoms with Crippen LogP contribution in [-0.2, 0) is 4.79 Å². The fraction of sp³-hybridized carbons (Fsp3) is 0.118. The number of ether oxygens (including phenoxy) is 2. The van der Waals surface area contributed by atoms with E-state index in [2.05, 4.69) is 5.32 Å². The second kappa shape index (κ2) is 7.65. The molecular formula is C17H15ClFNO3. The number of nitrogens with one attached hydrogen (secondary N) is 1. The monoisotopic (exact) mass is 335 g/mol. The van der Waals surface area contributed by atoms with Gasteiger partial charge in [0.15, 0.2) is 11.6 Å². The van der Waals surface area contributed by atoms with Crippen LogP contribution in [0.5, 0.6) is 11.5 Å². The summed E-state index contributed by atoms with van der Waals surface area (Å²) in [5, 5.41) is 3.13. The Balaban J connectivity index is 2.10. The van der Waals surface area contributed by atoms with Crippen LogP contribution in [0.2, 0.25) is 5.02 Å². The molecule has 0 unspecified atom stereocenters. The number of hydrogen-bond donors (Lipinski definition) is 1. The number of benzene rings is 2. The third-order valence-electron chi connectivity index (χ3n) is 3.02. The normalized spacial score (nSPS) is 10.6. The largest absolute Gasteiger partial charge is 0.495 e. The molecule has 0 aliphatic carbocycles. The molecule has 0 saturated heterocycles. The number of hydrogen-bond acceptors (Lipinski definition) is 3. The second-order valence-corrected chi connectivity index (χ2v) is 5.00. The molecule has 0 fully saturated rings. The molecule has 1 amide bonds. The van der Waals surface area contributed by atoms with Gasteiger partial charge in [-0.25, -0.2) is 4.39 Å². The fourth-order valence-corrected chi connectivity index (χ4v) is 2.08. The Morgan fingerprint density at radius 2 is 1.83 bits per heavy atom. The van der Waals surface area contributed by atoms with E-state index < -0.39 is 5.82 Å². The molecule has 2 aromatic rings. The van der Waals surface area contributed by atoms with Gasteiger partial charge in [-0.1, -0.05) is 17.7 Å². The van der Waals surface area contributed by atoms with Crippen molar-refractivity contribution in [3.05, 3.63) is 58.9 Å². The summed E-state index contributed by atoms with van der Waals surface area (Å²) in [5.41, 5.74) is 0.993. The van der Waals surface area contributed by atoms with E-state index >= 15 is 0 Å². The quantitative estimate of drug-likeness (QED) is 0.835. The molecule has 2 rings (SSSR count). The summed E-state index contributed by atoms with van der Waals surface area (Å²) in [5.74, 6) is -0.240. The highest BCUT2D eigenvalue weighted by Gasteiger charge is 2.06. The molecule has 0 atom stereocenters. The summed E-state index contributed by atoms with van der Waals surface area (Å²) in [7, 11) is 2.88. The molecule has 120 valence electrons. The zero-order chi connectivity index (χ0) is 16.8. The van der Waals surface area contributed by atoms with Gasteiger partial charge in [0, 0.05) is 11.1 Å². The summed E-state index contributed by atoms with van der Waals surface area (Å²) in [6, 6.07) is 9.31. The molecule has 0 aliphatic heterocycles. The first-order valence-electron chi connectivity index (χ1n) is 6.69. The highest BCUT2D eigenvalue weighted by atomic mass is 35.5. The smallest absolute Gasteiger partial charge is 0.248 e. The van der Waals surface area contributed by atoms with Gasteiger partial charge in [-0.15, -0.1) is 0 Å². The Bertz CT molecular complexity index is 747. The topological polar surface area (TPSA) is 47.6 Å². The van der Waals surface area contributed by atoms with E-state index in [1.807, 2.05) is 0 Å². The average molecular weight is 336 g/mol. The minimum atomic E-state index is -0.494. The molecule has 0 aromatic heterocycles. The SMILES string of the molecule is COc1ccc(/C=C/C(=O)Nc2cc(Cl)ccc2OC)cc1F.